The van der Waals surface area contributed by atoms with Crippen LogP contribution in [0.4, 0.5) is 0 Å². The Morgan fingerprint density at radius 3 is 2.38 bits per heavy atom. The summed E-state index contributed by atoms with van der Waals surface area (Å²) in [5.41, 5.74) is 1.59. The number of methoxy groups -OCH3 is 2. The van der Waals surface area contributed by atoms with Crippen molar-refractivity contribution in [2.75, 3.05) is 14.2 Å². The average molecular weight is 286 g/mol. The molecule has 4 nitrogen and oxygen atoms in total. The third-order valence-electron chi connectivity index (χ3n) is 3.41. The van der Waals surface area contributed by atoms with Crippen LogP contribution in [-0.2, 0) is 11.2 Å². The Kier molecular flexibility index (Phi) is 4.82. The molecule has 0 bridgehead atoms. The fourth-order valence-corrected chi connectivity index (χ4v) is 2.29. The summed E-state index contributed by atoms with van der Waals surface area (Å²) in [5.74, 6) is -0.126. The van der Waals surface area contributed by atoms with Gasteiger partial charge in [0, 0.05) is 0 Å². The summed E-state index contributed by atoms with van der Waals surface area (Å²) in [4.78, 5) is 11.6. The van der Waals surface area contributed by atoms with Crippen molar-refractivity contribution in [1.29, 1.82) is 0 Å². The smallest absolute Gasteiger partial charge is 0.311 e. The van der Waals surface area contributed by atoms with Crippen molar-refractivity contribution in [2.45, 2.75) is 12.3 Å². The Morgan fingerprint density at radius 2 is 1.81 bits per heavy atom. The van der Waals surface area contributed by atoms with Gasteiger partial charge in [0.1, 0.15) is 11.5 Å². The quantitative estimate of drug-likeness (QED) is 0.886. The summed E-state index contributed by atoms with van der Waals surface area (Å²) in [6.07, 6.45) is 0.347. The van der Waals surface area contributed by atoms with E-state index in [9.17, 15) is 9.90 Å². The molecule has 0 aliphatic heterocycles. The first-order valence-electron chi connectivity index (χ1n) is 6.64. The molecule has 21 heavy (non-hydrogen) atoms. The van der Waals surface area contributed by atoms with Gasteiger partial charge in [-0.1, -0.05) is 30.3 Å². The molecule has 2 aromatic carbocycles. The fraction of sp³-hybridized carbons (Fsp3) is 0.235. The number of carboxylic acids is 1. The maximum Gasteiger partial charge on any atom is 0.311 e. The van der Waals surface area contributed by atoms with Crippen LogP contribution in [0.5, 0.6) is 11.5 Å². The van der Waals surface area contributed by atoms with E-state index in [0.717, 1.165) is 11.1 Å². The molecular formula is C17H18O4. The molecule has 0 aromatic heterocycles. The Balaban J connectivity index is 2.35. The SMILES string of the molecule is COc1ccc(OC)c(CC(C(=O)O)c2ccccc2)c1. The molecule has 1 N–H and O–H groups in total. The Hall–Kier alpha value is -2.49. The minimum Gasteiger partial charge on any atom is -0.497 e. The Labute approximate surface area is 123 Å². The lowest BCUT2D eigenvalue weighted by atomic mass is 9.91. The molecule has 110 valence electrons. The van der Waals surface area contributed by atoms with Crippen LogP contribution < -0.4 is 9.47 Å². The zero-order valence-electron chi connectivity index (χ0n) is 12.1. The fourth-order valence-electron chi connectivity index (χ4n) is 2.29. The van der Waals surface area contributed by atoms with Crippen LogP contribution in [0.25, 0.3) is 0 Å². The van der Waals surface area contributed by atoms with Gasteiger partial charge in [-0.05, 0) is 35.7 Å². The van der Waals surface area contributed by atoms with Gasteiger partial charge in [-0.15, -0.1) is 0 Å². The lowest BCUT2D eigenvalue weighted by Crippen LogP contribution is -2.15. The second kappa shape index (κ2) is 6.79. The van der Waals surface area contributed by atoms with Crippen LogP contribution in [0.2, 0.25) is 0 Å². The molecule has 2 rings (SSSR count). The molecule has 0 spiro atoms. The summed E-state index contributed by atoms with van der Waals surface area (Å²) >= 11 is 0. The highest BCUT2D eigenvalue weighted by Gasteiger charge is 2.22. The van der Waals surface area contributed by atoms with Gasteiger partial charge in [-0.25, -0.2) is 0 Å². The van der Waals surface area contributed by atoms with Crippen LogP contribution in [0, 0.1) is 0 Å². The molecule has 0 radical (unpaired) electrons. The number of benzene rings is 2. The number of aliphatic carboxylic acids is 1. The highest BCUT2D eigenvalue weighted by atomic mass is 16.5. The van der Waals surface area contributed by atoms with Gasteiger partial charge in [-0.2, -0.15) is 0 Å². The second-order valence-electron chi connectivity index (χ2n) is 4.68. The van der Waals surface area contributed by atoms with Crippen LogP contribution in [-0.4, -0.2) is 25.3 Å². The van der Waals surface area contributed by atoms with Crippen molar-refractivity contribution in [1.82, 2.24) is 0 Å². The van der Waals surface area contributed by atoms with Gasteiger partial charge >= 0.3 is 5.97 Å². The lowest BCUT2D eigenvalue weighted by molar-refractivity contribution is -0.138. The molecular weight excluding hydrogens is 268 g/mol. The van der Waals surface area contributed by atoms with Crippen molar-refractivity contribution >= 4 is 5.97 Å². The first-order chi connectivity index (χ1) is 10.2. The van der Waals surface area contributed by atoms with Gasteiger partial charge in [0.25, 0.3) is 0 Å². The topological polar surface area (TPSA) is 55.8 Å². The van der Waals surface area contributed by atoms with E-state index in [4.69, 9.17) is 9.47 Å². The molecule has 0 saturated carbocycles. The van der Waals surface area contributed by atoms with Gasteiger partial charge in [0.15, 0.2) is 0 Å². The number of ether oxygens (including phenoxy) is 2. The highest BCUT2D eigenvalue weighted by Crippen LogP contribution is 2.29. The van der Waals surface area contributed by atoms with Gasteiger partial charge in [0.05, 0.1) is 20.1 Å². The molecule has 0 saturated heterocycles. The van der Waals surface area contributed by atoms with Crippen molar-refractivity contribution < 1.29 is 19.4 Å². The molecule has 1 unspecified atom stereocenters. The standard InChI is InChI=1S/C17H18O4/c1-20-14-8-9-16(21-2)13(10-14)11-15(17(18)19)12-6-4-3-5-7-12/h3-10,15H,11H2,1-2H3,(H,18,19). The molecule has 2 aromatic rings. The third-order valence-corrected chi connectivity index (χ3v) is 3.41. The van der Waals surface area contributed by atoms with Crippen LogP contribution in [0.1, 0.15) is 17.0 Å². The summed E-state index contributed by atoms with van der Waals surface area (Å²) in [6, 6.07) is 14.6. The third kappa shape index (κ3) is 3.54. The van der Waals surface area contributed by atoms with Crippen molar-refractivity contribution in [3.63, 3.8) is 0 Å². The Bertz CT molecular complexity index is 607. The molecule has 0 aliphatic carbocycles. The molecule has 0 fully saturated rings. The van der Waals surface area contributed by atoms with E-state index in [-0.39, 0.29) is 0 Å². The van der Waals surface area contributed by atoms with Crippen LogP contribution >= 0.6 is 0 Å². The second-order valence-corrected chi connectivity index (χ2v) is 4.68. The van der Waals surface area contributed by atoms with Gasteiger partial charge in [-0.3, -0.25) is 4.79 Å². The number of hydrogen-bond acceptors (Lipinski definition) is 3. The molecule has 0 aliphatic rings. The maximum absolute atomic E-state index is 11.6. The van der Waals surface area contributed by atoms with E-state index in [1.54, 1.807) is 26.4 Å². The molecule has 0 heterocycles. The average Bonchev–Trinajstić information content (AvgIpc) is 2.52. The number of carboxylic acid groups (broad SMARTS) is 1. The normalized spacial score (nSPS) is 11.7. The van der Waals surface area contributed by atoms with E-state index in [1.807, 2.05) is 36.4 Å². The van der Waals surface area contributed by atoms with E-state index < -0.39 is 11.9 Å². The largest absolute Gasteiger partial charge is 0.497 e. The van der Waals surface area contributed by atoms with Crippen molar-refractivity contribution in [2.24, 2.45) is 0 Å². The Morgan fingerprint density at radius 1 is 1.10 bits per heavy atom. The first-order valence-corrected chi connectivity index (χ1v) is 6.64. The van der Waals surface area contributed by atoms with E-state index in [1.165, 1.54) is 0 Å². The van der Waals surface area contributed by atoms with E-state index in [0.29, 0.717) is 17.9 Å². The zero-order valence-corrected chi connectivity index (χ0v) is 12.1. The van der Waals surface area contributed by atoms with Crippen molar-refractivity contribution in [3.05, 3.63) is 59.7 Å². The van der Waals surface area contributed by atoms with E-state index >= 15 is 0 Å². The summed E-state index contributed by atoms with van der Waals surface area (Å²) in [7, 11) is 3.15. The summed E-state index contributed by atoms with van der Waals surface area (Å²) in [6.45, 7) is 0. The predicted molar refractivity (Wildman–Crippen MR) is 80.1 cm³/mol. The molecule has 4 heteroatoms. The van der Waals surface area contributed by atoms with Gasteiger partial charge in [0.2, 0.25) is 0 Å². The van der Waals surface area contributed by atoms with Crippen LogP contribution in [0.3, 0.4) is 0 Å². The van der Waals surface area contributed by atoms with Crippen LogP contribution in [0.15, 0.2) is 48.5 Å². The van der Waals surface area contributed by atoms with Gasteiger partial charge < -0.3 is 14.6 Å². The van der Waals surface area contributed by atoms with E-state index in [2.05, 4.69) is 0 Å². The number of carbonyl (C=O) groups is 1. The summed E-state index contributed by atoms with van der Waals surface area (Å²) < 4.78 is 10.5. The number of hydrogen-bond donors (Lipinski definition) is 1. The minimum atomic E-state index is -0.855. The summed E-state index contributed by atoms with van der Waals surface area (Å²) in [5, 5.41) is 9.51. The molecule has 0 amide bonds. The van der Waals surface area contributed by atoms with Crippen molar-refractivity contribution in [3.8, 4) is 11.5 Å². The minimum absolute atomic E-state index is 0.347. The molecule has 1 atom stereocenters. The number of rotatable bonds is 6. The maximum atomic E-state index is 11.6. The highest BCUT2D eigenvalue weighted by molar-refractivity contribution is 5.76. The predicted octanol–water partition coefficient (Wildman–Crippen LogP) is 3.11. The zero-order chi connectivity index (χ0) is 15.2. The monoisotopic (exact) mass is 286 g/mol. The first kappa shape index (κ1) is 14.9. The lowest BCUT2D eigenvalue weighted by Gasteiger charge is -2.16.